The van der Waals surface area contributed by atoms with E-state index in [1.807, 2.05) is 42.5 Å². The van der Waals surface area contributed by atoms with Gasteiger partial charge < -0.3 is 30.6 Å². The van der Waals surface area contributed by atoms with E-state index in [0.29, 0.717) is 40.5 Å². The first-order chi connectivity index (χ1) is 20.0. The Hall–Kier alpha value is -4.70. The molecule has 1 unspecified atom stereocenters. The van der Waals surface area contributed by atoms with Crippen LogP contribution < -0.4 is 25.8 Å². The zero-order chi connectivity index (χ0) is 28.6. The van der Waals surface area contributed by atoms with Crippen molar-refractivity contribution in [2.45, 2.75) is 44.2 Å². The van der Waals surface area contributed by atoms with Gasteiger partial charge in [-0.15, -0.1) is 0 Å². The number of carbonyl (C=O) groups is 2. The molecule has 5 rings (SSSR count). The predicted molar refractivity (Wildman–Crippen MR) is 157 cm³/mol. The van der Waals surface area contributed by atoms with Crippen LogP contribution in [0.5, 0.6) is 11.5 Å². The highest BCUT2D eigenvalue weighted by atomic mass is 16.5. The molecule has 0 spiro atoms. The summed E-state index contributed by atoms with van der Waals surface area (Å²) >= 11 is 0. The third-order valence-electron chi connectivity index (χ3n) is 6.94. The molecule has 1 aliphatic rings. The lowest BCUT2D eigenvalue weighted by Gasteiger charge is -2.17. The summed E-state index contributed by atoms with van der Waals surface area (Å²) in [6.07, 6.45) is 5.73. The molecule has 0 bridgehead atoms. The lowest BCUT2D eigenvalue weighted by atomic mass is 10.2. The second-order valence-electron chi connectivity index (χ2n) is 9.85. The SMILES string of the molecule is COc1cc2c(Nc3ccc(NC(=O)c4ccccc4)cc3)ncnc2cc1OCCC(N)C(=O)OC1CCCC1. The first-order valence-corrected chi connectivity index (χ1v) is 13.7. The summed E-state index contributed by atoms with van der Waals surface area (Å²) in [5.41, 5.74) is 8.72. The predicted octanol–water partition coefficient (Wildman–Crippen LogP) is 5.22. The maximum Gasteiger partial charge on any atom is 0.323 e. The number of methoxy groups -OCH3 is 1. The van der Waals surface area contributed by atoms with Crippen molar-refractivity contribution < 1.29 is 23.8 Å². The highest BCUT2D eigenvalue weighted by molar-refractivity contribution is 6.04. The number of hydrogen-bond acceptors (Lipinski definition) is 9. The zero-order valence-corrected chi connectivity index (χ0v) is 22.8. The van der Waals surface area contributed by atoms with Crippen LogP contribution in [-0.2, 0) is 9.53 Å². The summed E-state index contributed by atoms with van der Waals surface area (Å²) in [5.74, 6) is 0.999. The number of esters is 1. The number of rotatable bonds is 11. The Balaban J connectivity index is 1.22. The molecule has 0 radical (unpaired) electrons. The van der Waals surface area contributed by atoms with Gasteiger partial charge in [-0.2, -0.15) is 0 Å². The van der Waals surface area contributed by atoms with Crippen LogP contribution in [0.4, 0.5) is 17.2 Å². The third kappa shape index (κ3) is 7.09. The van der Waals surface area contributed by atoms with E-state index in [-0.39, 0.29) is 24.6 Å². The number of nitrogens with zero attached hydrogens (tertiary/aromatic N) is 2. The molecule has 1 amide bonds. The quantitative estimate of drug-likeness (QED) is 0.213. The number of amides is 1. The Kier molecular flexibility index (Phi) is 8.90. The molecular formula is C31H33N5O5. The van der Waals surface area contributed by atoms with Crippen molar-refractivity contribution >= 4 is 40.0 Å². The summed E-state index contributed by atoms with van der Waals surface area (Å²) in [6, 6.07) is 19.2. The van der Waals surface area contributed by atoms with Crippen molar-refractivity contribution in [1.82, 2.24) is 9.97 Å². The van der Waals surface area contributed by atoms with Crippen LogP contribution in [0, 0.1) is 0 Å². The second-order valence-corrected chi connectivity index (χ2v) is 9.85. The van der Waals surface area contributed by atoms with Crippen LogP contribution in [0.25, 0.3) is 10.9 Å². The summed E-state index contributed by atoms with van der Waals surface area (Å²) in [5, 5.41) is 6.92. The third-order valence-corrected chi connectivity index (χ3v) is 6.94. The number of ether oxygens (including phenoxy) is 3. The van der Waals surface area contributed by atoms with E-state index in [1.54, 1.807) is 31.4 Å². The summed E-state index contributed by atoms with van der Waals surface area (Å²) in [7, 11) is 1.55. The van der Waals surface area contributed by atoms with Gasteiger partial charge in [0, 0.05) is 34.8 Å². The number of nitrogens with one attached hydrogen (secondary N) is 2. The first kappa shape index (κ1) is 27.9. The van der Waals surface area contributed by atoms with Crippen LogP contribution in [0.3, 0.4) is 0 Å². The Morgan fingerprint density at radius 3 is 2.44 bits per heavy atom. The molecule has 3 aromatic carbocycles. The Bertz CT molecular complexity index is 1490. The number of carbonyl (C=O) groups excluding carboxylic acids is 2. The lowest BCUT2D eigenvalue weighted by molar-refractivity contribution is -0.150. The minimum absolute atomic E-state index is 0.0176. The Labute approximate surface area is 238 Å². The molecule has 0 aliphatic heterocycles. The minimum atomic E-state index is -0.752. The van der Waals surface area contributed by atoms with Gasteiger partial charge >= 0.3 is 5.97 Å². The molecule has 0 saturated heterocycles. The number of anilines is 3. The highest BCUT2D eigenvalue weighted by Crippen LogP contribution is 2.35. The van der Waals surface area contributed by atoms with E-state index in [0.717, 1.165) is 36.8 Å². The molecule has 1 atom stereocenters. The Morgan fingerprint density at radius 2 is 1.71 bits per heavy atom. The average molecular weight is 556 g/mol. The van der Waals surface area contributed by atoms with Crippen LogP contribution >= 0.6 is 0 Å². The first-order valence-electron chi connectivity index (χ1n) is 13.7. The molecule has 10 heteroatoms. The van der Waals surface area contributed by atoms with E-state index in [9.17, 15) is 9.59 Å². The maximum absolute atomic E-state index is 12.4. The fraction of sp³-hybridized carbons (Fsp3) is 0.290. The van der Waals surface area contributed by atoms with Gasteiger partial charge in [-0.1, -0.05) is 18.2 Å². The number of hydrogen-bond donors (Lipinski definition) is 3. The number of fused-ring (bicyclic) bond motifs is 1. The van der Waals surface area contributed by atoms with Gasteiger partial charge in [0.25, 0.3) is 5.91 Å². The second kappa shape index (κ2) is 13.1. The van der Waals surface area contributed by atoms with E-state index >= 15 is 0 Å². The highest BCUT2D eigenvalue weighted by Gasteiger charge is 2.23. The minimum Gasteiger partial charge on any atom is -0.493 e. The van der Waals surface area contributed by atoms with E-state index in [4.69, 9.17) is 19.9 Å². The van der Waals surface area contributed by atoms with Crippen LogP contribution in [-0.4, -0.2) is 47.7 Å². The molecule has 1 saturated carbocycles. The number of benzene rings is 3. The molecular weight excluding hydrogens is 522 g/mol. The molecule has 4 aromatic rings. The van der Waals surface area contributed by atoms with Crippen molar-refractivity contribution in [1.29, 1.82) is 0 Å². The maximum atomic E-state index is 12.4. The van der Waals surface area contributed by atoms with Crippen molar-refractivity contribution in [3.8, 4) is 11.5 Å². The van der Waals surface area contributed by atoms with E-state index < -0.39 is 6.04 Å². The monoisotopic (exact) mass is 555 g/mol. The lowest BCUT2D eigenvalue weighted by Crippen LogP contribution is -2.35. The number of aromatic nitrogens is 2. The normalized spacial score (nSPS) is 13.9. The molecule has 1 heterocycles. The fourth-order valence-electron chi connectivity index (χ4n) is 4.67. The smallest absolute Gasteiger partial charge is 0.323 e. The molecule has 1 aromatic heterocycles. The fourth-order valence-corrected chi connectivity index (χ4v) is 4.67. The summed E-state index contributed by atoms with van der Waals surface area (Å²) < 4.78 is 17.0. The molecule has 41 heavy (non-hydrogen) atoms. The van der Waals surface area contributed by atoms with Gasteiger partial charge in [-0.3, -0.25) is 9.59 Å². The topological polar surface area (TPSA) is 138 Å². The van der Waals surface area contributed by atoms with E-state index in [1.165, 1.54) is 6.33 Å². The standard InChI is InChI=1S/C31H33N5O5/c1-39-27-17-24-26(18-28(27)40-16-15-25(32)31(38)41-23-9-5-6-10-23)33-19-34-29(24)35-21-11-13-22(14-12-21)36-30(37)20-7-3-2-4-8-20/h2-4,7-8,11-14,17-19,23,25H,5-6,9-10,15-16,32H2,1H3,(H,36,37)(H,33,34,35). The van der Waals surface area contributed by atoms with Crippen LogP contribution in [0.2, 0.25) is 0 Å². The number of nitrogens with two attached hydrogens (primary N) is 1. The molecule has 10 nitrogen and oxygen atoms in total. The van der Waals surface area contributed by atoms with Gasteiger partial charge in [0.15, 0.2) is 11.5 Å². The zero-order valence-electron chi connectivity index (χ0n) is 22.8. The van der Waals surface area contributed by atoms with Crippen molar-refractivity contribution in [3.05, 3.63) is 78.6 Å². The van der Waals surface area contributed by atoms with Crippen LogP contribution in [0.15, 0.2) is 73.1 Å². The van der Waals surface area contributed by atoms with Gasteiger partial charge in [0.2, 0.25) is 0 Å². The van der Waals surface area contributed by atoms with Gasteiger partial charge in [0.1, 0.15) is 24.3 Å². The Morgan fingerprint density at radius 1 is 0.976 bits per heavy atom. The molecule has 1 fully saturated rings. The summed E-state index contributed by atoms with van der Waals surface area (Å²) in [4.78, 5) is 33.5. The van der Waals surface area contributed by atoms with Crippen molar-refractivity contribution in [2.75, 3.05) is 24.4 Å². The van der Waals surface area contributed by atoms with Gasteiger partial charge in [-0.25, -0.2) is 9.97 Å². The summed E-state index contributed by atoms with van der Waals surface area (Å²) in [6.45, 7) is 0.214. The van der Waals surface area contributed by atoms with Crippen molar-refractivity contribution in [2.24, 2.45) is 5.73 Å². The molecule has 212 valence electrons. The van der Waals surface area contributed by atoms with Gasteiger partial charge in [0.05, 0.1) is 19.2 Å². The van der Waals surface area contributed by atoms with Crippen LogP contribution in [0.1, 0.15) is 42.5 Å². The van der Waals surface area contributed by atoms with Crippen molar-refractivity contribution in [3.63, 3.8) is 0 Å². The molecule has 4 N–H and O–H groups in total. The average Bonchev–Trinajstić information content (AvgIpc) is 3.51. The largest absolute Gasteiger partial charge is 0.493 e. The molecule has 1 aliphatic carbocycles. The van der Waals surface area contributed by atoms with Gasteiger partial charge in [-0.05, 0) is 68.1 Å². The van der Waals surface area contributed by atoms with E-state index in [2.05, 4.69) is 20.6 Å².